The summed E-state index contributed by atoms with van der Waals surface area (Å²) in [6.07, 6.45) is 18.1. The zero-order chi connectivity index (χ0) is 23.0. The van der Waals surface area contributed by atoms with Crippen molar-refractivity contribution in [2.24, 2.45) is 0 Å². The van der Waals surface area contributed by atoms with E-state index < -0.39 is 0 Å². The molecule has 0 unspecified atom stereocenters. The van der Waals surface area contributed by atoms with Gasteiger partial charge >= 0.3 is 0 Å². The Kier molecular flexibility index (Phi) is 11.3. The van der Waals surface area contributed by atoms with Crippen LogP contribution in [0.4, 0.5) is 0 Å². The largest absolute Gasteiger partial charge is 0.461 e. The van der Waals surface area contributed by atoms with Crippen molar-refractivity contribution in [1.29, 1.82) is 0 Å². The Hall–Kier alpha value is -3.40. The van der Waals surface area contributed by atoms with E-state index in [1.165, 1.54) is 11.1 Å². The Morgan fingerprint density at radius 1 is 0.500 bits per heavy atom. The molecule has 4 heteroatoms. The first-order valence-corrected chi connectivity index (χ1v) is 11.1. The molecule has 2 aromatic rings. The molecule has 4 nitrogen and oxygen atoms in total. The van der Waals surface area contributed by atoms with Crippen LogP contribution >= 0.6 is 0 Å². The molecule has 0 saturated heterocycles. The Bertz CT molecular complexity index is 861. The van der Waals surface area contributed by atoms with E-state index >= 15 is 0 Å². The molecule has 0 spiro atoms. The summed E-state index contributed by atoms with van der Waals surface area (Å²) < 4.78 is 22.7. The van der Waals surface area contributed by atoms with E-state index in [1.807, 2.05) is 64.1 Å². The molecule has 0 aliphatic rings. The molecule has 2 aromatic carbocycles. The fourth-order valence-electron chi connectivity index (χ4n) is 3.02. The lowest BCUT2D eigenvalue weighted by Crippen LogP contribution is -1.94. The van der Waals surface area contributed by atoms with Crippen molar-refractivity contribution in [3.8, 4) is 23.0 Å². The van der Waals surface area contributed by atoms with Gasteiger partial charge in [-0.2, -0.15) is 0 Å². The topological polar surface area (TPSA) is 36.9 Å². The van der Waals surface area contributed by atoms with Crippen LogP contribution in [0.1, 0.15) is 51.7 Å². The van der Waals surface area contributed by atoms with Crippen LogP contribution in [-0.4, -0.2) is 0 Å². The first-order chi connectivity index (χ1) is 15.7. The van der Waals surface area contributed by atoms with Gasteiger partial charge in [-0.15, -0.1) is 0 Å². The molecule has 0 amide bonds. The fourth-order valence-corrected chi connectivity index (χ4v) is 3.02. The molecule has 0 atom stereocenters. The molecule has 0 heterocycles. The summed E-state index contributed by atoms with van der Waals surface area (Å²) in [4.78, 5) is 0. The summed E-state index contributed by atoms with van der Waals surface area (Å²) in [6.45, 7) is 7.67. The van der Waals surface area contributed by atoms with Gasteiger partial charge in [0.05, 0.1) is 25.0 Å². The summed E-state index contributed by atoms with van der Waals surface area (Å²) in [5, 5.41) is 0. The van der Waals surface area contributed by atoms with Crippen LogP contribution in [0.5, 0.6) is 23.0 Å². The van der Waals surface area contributed by atoms with E-state index in [0.29, 0.717) is 11.5 Å². The third kappa shape index (κ3) is 8.38. The van der Waals surface area contributed by atoms with Crippen molar-refractivity contribution in [1.82, 2.24) is 0 Å². The minimum atomic E-state index is 0.707. The van der Waals surface area contributed by atoms with Gasteiger partial charge in [0.25, 0.3) is 0 Å². The zero-order valence-electron chi connectivity index (χ0n) is 19.5. The van der Waals surface area contributed by atoms with Crippen molar-refractivity contribution in [3.63, 3.8) is 0 Å². The van der Waals surface area contributed by atoms with E-state index in [1.54, 1.807) is 25.0 Å². The standard InChI is InChI=1S/C28H34O4/c1-5-17-29-25-15-13-23(21-27(25)31-19-7-3)11-9-10-12-24-14-16-26(30-18-6-2)28(22-24)32-20-8-4/h5-8,13-22H,9-12H2,1-4H3. The van der Waals surface area contributed by atoms with Gasteiger partial charge in [-0.3, -0.25) is 0 Å². The van der Waals surface area contributed by atoms with Gasteiger partial charge < -0.3 is 18.9 Å². The molecule has 0 aliphatic heterocycles. The average Bonchev–Trinajstić information content (AvgIpc) is 2.82. The van der Waals surface area contributed by atoms with E-state index in [-0.39, 0.29) is 0 Å². The smallest absolute Gasteiger partial charge is 0.169 e. The SMILES string of the molecule is CC=COc1ccc(CCCCc2ccc(OC=CC)c(OC=CC)c2)cc1OC=CC. The van der Waals surface area contributed by atoms with Crippen molar-refractivity contribution >= 4 is 0 Å². The number of benzene rings is 2. The van der Waals surface area contributed by atoms with Gasteiger partial charge in [-0.05, 0) is 88.8 Å². The predicted octanol–water partition coefficient (Wildman–Crippen LogP) is 7.90. The third-order valence-electron chi connectivity index (χ3n) is 4.52. The molecule has 0 radical (unpaired) electrons. The molecule has 0 fully saturated rings. The minimum absolute atomic E-state index is 0.707. The van der Waals surface area contributed by atoms with Crippen LogP contribution in [0.15, 0.2) is 85.8 Å². The highest BCUT2D eigenvalue weighted by atomic mass is 16.5. The first kappa shape index (κ1) is 24.9. The molecule has 2 rings (SSSR count). The van der Waals surface area contributed by atoms with E-state index in [0.717, 1.165) is 37.2 Å². The monoisotopic (exact) mass is 434 g/mol. The number of hydrogen-bond acceptors (Lipinski definition) is 4. The summed E-state index contributed by atoms with van der Waals surface area (Å²) >= 11 is 0. The van der Waals surface area contributed by atoms with Crippen LogP contribution in [0, 0.1) is 0 Å². The second-order valence-corrected chi connectivity index (χ2v) is 7.12. The Labute approximate surface area is 192 Å². The van der Waals surface area contributed by atoms with E-state index in [9.17, 15) is 0 Å². The Morgan fingerprint density at radius 2 is 0.844 bits per heavy atom. The molecular weight excluding hydrogens is 400 g/mol. The number of hydrogen-bond donors (Lipinski definition) is 0. The third-order valence-corrected chi connectivity index (χ3v) is 4.52. The van der Waals surface area contributed by atoms with Gasteiger partial charge in [-0.1, -0.05) is 36.4 Å². The van der Waals surface area contributed by atoms with Crippen LogP contribution < -0.4 is 18.9 Å². The number of unbranched alkanes of at least 4 members (excludes halogenated alkanes) is 1. The maximum atomic E-state index is 5.71. The molecule has 0 bridgehead atoms. The second kappa shape index (κ2) is 14.6. The minimum Gasteiger partial charge on any atom is -0.461 e. The van der Waals surface area contributed by atoms with Crippen LogP contribution in [-0.2, 0) is 12.8 Å². The summed E-state index contributed by atoms with van der Waals surface area (Å²) in [7, 11) is 0. The first-order valence-electron chi connectivity index (χ1n) is 11.1. The summed E-state index contributed by atoms with van der Waals surface area (Å²) in [5.74, 6) is 2.86. The van der Waals surface area contributed by atoms with Crippen molar-refractivity contribution < 1.29 is 18.9 Å². The lowest BCUT2D eigenvalue weighted by atomic mass is 10.0. The zero-order valence-corrected chi connectivity index (χ0v) is 19.5. The highest BCUT2D eigenvalue weighted by Crippen LogP contribution is 2.31. The Balaban J connectivity index is 1.97. The summed E-state index contributed by atoms with van der Waals surface area (Å²) in [6, 6.07) is 12.2. The van der Waals surface area contributed by atoms with Gasteiger partial charge in [-0.25, -0.2) is 0 Å². The molecule has 170 valence electrons. The fraction of sp³-hybridized carbons (Fsp3) is 0.286. The number of ether oxygens (including phenoxy) is 4. The highest BCUT2D eigenvalue weighted by Gasteiger charge is 2.08. The molecule has 32 heavy (non-hydrogen) atoms. The molecule has 0 N–H and O–H groups in total. The number of rotatable bonds is 13. The van der Waals surface area contributed by atoms with Crippen LogP contribution in [0.2, 0.25) is 0 Å². The van der Waals surface area contributed by atoms with Gasteiger partial charge in [0.15, 0.2) is 23.0 Å². The van der Waals surface area contributed by atoms with Crippen molar-refractivity contribution in [3.05, 3.63) is 96.9 Å². The number of allylic oxidation sites excluding steroid dienone is 4. The van der Waals surface area contributed by atoms with E-state index in [4.69, 9.17) is 18.9 Å². The molecular formula is C28H34O4. The summed E-state index contributed by atoms with van der Waals surface area (Å²) in [5.41, 5.74) is 2.45. The van der Waals surface area contributed by atoms with E-state index in [2.05, 4.69) is 24.3 Å². The lowest BCUT2D eigenvalue weighted by molar-refractivity contribution is 0.415. The molecule has 0 aromatic heterocycles. The maximum Gasteiger partial charge on any atom is 0.169 e. The highest BCUT2D eigenvalue weighted by molar-refractivity contribution is 5.45. The van der Waals surface area contributed by atoms with Crippen molar-refractivity contribution in [2.75, 3.05) is 0 Å². The van der Waals surface area contributed by atoms with Crippen LogP contribution in [0.25, 0.3) is 0 Å². The lowest BCUT2D eigenvalue weighted by Gasteiger charge is -2.11. The molecule has 0 aliphatic carbocycles. The second-order valence-electron chi connectivity index (χ2n) is 7.12. The molecule has 0 saturated carbocycles. The maximum absolute atomic E-state index is 5.71. The van der Waals surface area contributed by atoms with Crippen LogP contribution in [0.3, 0.4) is 0 Å². The Morgan fingerprint density at radius 3 is 1.19 bits per heavy atom. The van der Waals surface area contributed by atoms with Gasteiger partial charge in [0.2, 0.25) is 0 Å². The van der Waals surface area contributed by atoms with Gasteiger partial charge in [0.1, 0.15) is 0 Å². The van der Waals surface area contributed by atoms with Crippen molar-refractivity contribution in [2.45, 2.75) is 53.4 Å². The quantitative estimate of drug-likeness (QED) is 0.237. The van der Waals surface area contributed by atoms with Gasteiger partial charge in [0, 0.05) is 0 Å². The average molecular weight is 435 g/mol. The number of aryl methyl sites for hydroxylation is 2. The normalized spacial score (nSPS) is 11.8. The predicted molar refractivity (Wildman–Crippen MR) is 131 cm³/mol.